The van der Waals surface area contributed by atoms with Gasteiger partial charge in [0, 0.05) is 71.5 Å². The highest BCUT2D eigenvalue weighted by Crippen LogP contribution is 2.41. The van der Waals surface area contributed by atoms with Crippen molar-refractivity contribution in [2.24, 2.45) is 5.16 Å². The van der Waals surface area contributed by atoms with Crippen LogP contribution in [-0.2, 0) is 13.1 Å². The maximum absolute atomic E-state index is 14.1. The summed E-state index contributed by atoms with van der Waals surface area (Å²) in [7, 11) is 0. The van der Waals surface area contributed by atoms with Gasteiger partial charge in [0.2, 0.25) is 0 Å². The lowest BCUT2D eigenvalue weighted by atomic mass is 9.82. The fraction of sp³-hybridized carbons (Fsp3) is 0.375. The molecular formula is C40H44F2N4O3. The summed E-state index contributed by atoms with van der Waals surface area (Å²) in [5.41, 5.74) is 3.27. The third kappa shape index (κ3) is 7.58. The molecule has 0 aromatic heterocycles. The van der Waals surface area contributed by atoms with Gasteiger partial charge in [-0.3, -0.25) is 9.80 Å². The molecule has 0 aliphatic carbocycles. The average molecular weight is 667 g/mol. The first-order valence-electron chi connectivity index (χ1n) is 17.4. The van der Waals surface area contributed by atoms with Gasteiger partial charge in [0.25, 0.3) is 0 Å². The molecule has 0 bridgehead atoms. The number of anilines is 1. The molecule has 2 fully saturated rings. The minimum atomic E-state index is -0.407. The molecule has 2 spiro atoms. The number of hydrogen-bond donors (Lipinski definition) is 2. The monoisotopic (exact) mass is 666 g/mol. The van der Waals surface area contributed by atoms with E-state index in [1.54, 1.807) is 18.2 Å². The number of fused-ring (bicyclic) bond motifs is 2. The highest BCUT2D eigenvalue weighted by atomic mass is 19.1. The van der Waals surface area contributed by atoms with E-state index in [2.05, 4.69) is 74.9 Å². The van der Waals surface area contributed by atoms with Crippen LogP contribution in [-0.4, -0.2) is 64.6 Å². The van der Waals surface area contributed by atoms with Crippen LogP contribution in [0, 0.1) is 11.6 Å². The molecule has 0 amide bonds. The molecule has 4 aromatic rings. The van der Waals surface area contributed by atoms with Crippen LogP contribution in [0.3, 0.4) is 0 Å². The van der Waals surface area contributed by atoms with Crippen molar-refractivity contribution in [3.05, 3.63) is 125 Å². The summed E-state index contributed by atoms with van der Waals surface area (Å²) in [6, 6.07) is 30.8. The van der Waals surface area contributed by atoms with Crippen LogP contribution >= 0.6 is 0 Å². The number of oxime groups is 1. The summed E-state index contributed by atoms with van der Waals surface area (Å²) in [6.07, 6.45) is 4.98. The molecule has 7 nitrogen and oxygen atoms in total. The SMILES string of the molecule is Fc1cccc2c1NCCC1(CCN(Cc3ccccc3)CC1)O2.O/N=C1/CC2(CCN(Cc3ccccc3)CC2)Oc2cccc(F)c21. The predicted octanol–water partition coefficient (Wildman–Crippen LogP) is 7.88. The van der Waals surface area contributed by atoms with E-state index in [1.807, 2.05) is 12.1 Å². The van der Waals surface area contributed by atoms with Gasteiger partial charge in [-0.05, 0) is 48.2 Å². The van der Waals surface area contributed by atoms with E-state index in [9.17, 15) is 14.0 Å². The zero-order valence-electron chi connectivity index (χ0n) is 27.8. The summed E-state index contributed by atoms with van der Waals surface area (Å²) >= 11 is 0. The molecule has 0 atom stereocenters. The van der Waals surface area contributed by atoms with Gasteiger partial charge in [0.1, 0.15) is 40.0 Å². The Hall–Kier alpha value is -4.47. The Labute approximate surface area is 287 Å². The molecule has 4 aromatic carbocycles. The van der Waals surface area contributed by atoms with E-state index in [1.165, 1.54) is 23.3 Å². The first kappa shape index (κ1) is 33.0. The Balaban J connectivity index is 0.000000154. The van der Waals surface area contributed by atoms with Crippen LogP contribution in [0.25, 0.3) is 0 Å². The molecule has 2 saturated heterocycles. The quantitative estimate of drug-likeness (QED) is 0.171. The molecule has 4 aliphatic heterocycles. The van der Waals surface area contributed by atoms with E-state index in [0.29, 0.717) is 34.9 Å². The molecular weight excluding hydrogens is 622 g/mol. The van der Waals surface area contributed by atoms with Crippen molar-refractivity contribution in [1.82, 2.24) is 9.80 Å². The topological polar surface area (TPSA) is 69.6 Å². The Bertz CT molecular complexity index is 1740. The molecule has 256 valence electrons. The summed E-state index contributed by atoms with van der Waals surface area (Å²) in [6.45, 7) is 6.49. The highest BCUT2D eigenvalue weighted by Gasteiger charge is 2.43. The third-order valence-corrected chi connectivity index (χ3v) is 10.4. The second-order valence-electron chi connectivity index (χ2n) is 13.7. The molecule has 8 rings (SSSR count). The Kier molecular flexibility index (Phi) is 9.82. The number of ether oxygens (including phenoxy) is 2. The zero-order chi connectivity index (χ0) is 33.7. The summed E-state index contributed by atoms with van der Waals surface area (Å²) < 4.78 is 40.6. The second-order valence-corrected chi connectivity index (χ2v) is 13.7. The largest absolute Gasteiger partial charge is 0.486 e. The van der Waals surface area contributed by atoms with Crippen molar-refractivity contribution in [1.29, 1.82) is 0 Å². The van der Waals surface area contributed by atoms with Gasteiger partial charge in [0.15, 0.2) is 0 Å². The summed E-state index contributed by atoms with van der Waals surface area (Å²) in [5.74, 6) is 0.507. The maximum Gasteiger partial charge on any atom is 0.150 e. The van der Waals surface area contributed by atoms with Gasteiger partial charge in [-0.25, -0.2) is 8.78 Å². The van der Waals surface area contributed by atoms with Crippen LogP contribution in [0.15, 0.2) is 102 Å². The van der Waals surface area contributed by atoms with Gasteiger partial charge in [0.05, 0.1) is 11.3 Å². The second kappa shape index (κ2) is 14.6. The van der Waals surface area contributed by atoms with Crippen LogP contribution in [0.2, 0.25) is 0 Å². The molecule has 9 heteroatoms. The Morgan fingerprint density at radius 2 is 1.16 bits per heavy atom. The van der Waals surface area contributed by atoms with Crippen LogP contribution in [0.4, 0.5) is 14.5 Å². The highest BCUT2D eigenvalue weighted by molar-refractivity contribution is 6.04. The normalized spacial score (nSPS) is 20.5. The van der Waals surface area contributed by atoms with E-state index < -0.39 is 11.4 Å². The van der Waals surface area contributed by atoms with Crippen LogP contribution < -0.4 is 14.8 Å². The number of para-hydroxylation sites is 1. The molecule has 0 radical (unpaired) electrons. The minimum Gasteiger partial charge on any atom is -0.486 e. The van der Waals surface area contributed by atoms with Gasteiger partial charge < -0.3 is 20.0 Å². The van der Waals surface area contributed by atoms with E-state index in [4.69, 9.17) is 9.47 Å². The standard InChI is InChI=1S/C20H21FN2O2.C20H23FN2O/c21-16-7-4-8-18-19(16)17(22-24)13-20(25-18)9-11-23(12-10-20)14-15-5-2-1-3-6-15;21-17-7-4-8-18-19(17)22-12-9-20(24-18)10-13-23(14-11-20)15-16-5-2-1-3-6-16/h1-8,24H,9-14H2;1-8,22H,9-15H2/b22-17-;. The minimum absolute atomic E-state index is 0.167. The molecule has 4 heterocycles. The number of piperidine rings is 2. The van der Waals surface area contributed by atoms with Crippen LogP contribution in [0.5, 0.6) is 11.5 Å². The van der Waals surface area contributed by atoms with Gasteiger partial charge in [-0.15, -0.1) is 0 Å². The van der Waals surface area contributed by atoms with Gasteiger partial charge >= 0.3 is 0 Å². The Morgan fingerprint density at radius 1 is 0.633 bits per heavy atom. The lowest BCUT2D eigenvalue weighted by molar-refractivity contribution is -0.00195. The number of halogens is 2. The molecule has 49 heavy (non-hydrogen) atoms. The number of rotatable bonds is 4. The fourth-order valence-corrected chi connectivity index (χ4v) is 7.63. The van der Waals surface area contributed by atoms with Crippen molar-refractivity contribution in [2.45, 2.75) is 62.8 Å². The first-order chi connectivity index (χ1) is 23.9. The van der Waals surface area contributed by atoms with E-state index in [-0.39, 0.29) is 11.4 Å². The third-order valence-electron chi connectivity index (χ3n) is 10.4. The van der Waals surface area contributed by atoms with Crippen molar-refractivity contribution < 1.29 is 23.5 Å². The first-order valence-corrected chi connectivity index (χ1v) is 17.4. The predicted molar refractivity (Wildman–Crippen MR) is 187 cm³/mol. The molecule has 0 unspecified atom stereocenters. The molecule has 0 saturated carbocycles. The number of likely N-dealkylation sites (tertiary alicyclic amines) is 2. The lowest BCUT2D eigenvalue weighted by Gasteiger charge is -2.44. The van der Waals surface area contributed by atoms with Gasteiger partial charge in [-0.2, -0.15) is 0 Å². The maximum atomic E-state index is 14.1. The fourth-order valence-electron chi connectivity index (χ4n) is 7.63. The lowest BCUT2D eigenvalue weighted by Crippen LogP contribution is -2.51. The van der Waals surface area contributed by atoms with Gasteiger partial charge in [-0.1, -0.05) is 78.0 Å². The summed E-state index contributed by atoms with van der Waals surface area (Å²) in [4.78, 5) is 4.88. The zero-order valence-corrected chi connectivity index (χ0v) is 27.8. The summed E-state index contributed by atoms with van der Waals surface area (Å²) in [5, 5.41) is 15.9. The number of nitrogens with one attached hydrogen (secondary N) is 1. The van der Waals surface area contributed by atoms with E-state index in [0.717, 1.165) is 77.9 Å². The molecule has 4 aliphatic rings. The van der Waals surface area contributed by atoms with E-state index >= 15 is 0 Å². The van der Waals surface area contributed by atoms with Crippen LogP contribution in [0.1, 0.15) is 55.2 Å². The number of benzene rings is 4. The smallest absolute Gasteiger partial charge is 0.150 e. The van der Waals surface area contributed by atoms with Crippen molar-refractivity contribution in [2.75, 3.05) is 38.0 Å². The Morgan fingerprint density at radius 3 is 1.76 bits per heavy atom. The number of hydrogen-bond acceptors (Lipinski definition) is 7. The molecule has 2 N–H and O–H groups in total. The van der Waals surface area contributed by atoms with Crippen molar-refractivity contribution >= 4 is 11.4 Å². The van der Waals surface area contributed by atoms with Crippen molar-refractivity contribution in [3.63, 3.8) is 0 Å². The average Bonchev–Trinajstić information content (AvgIpc) is 3.31. The van der Waals surface area contributed by atoms with Crippen molar-refractivity contribution in [3.8, 4) is 11.5 Å². The number of nitrogens with zero attached hydrogens (tertiary/aromatic N) is 3.